The van der Waals surface area contributed by atoms with Crippen LogP contribution in [0, 0.1) is 0 Å². The van der Waals surface area contributed by atoms with E-state index in [1.165, 1.54) is 31.4 Å². The van der Waals surface area contributed by atoms with E-state index in [9.17, 15) is 14.4 Å². The van der Waals surface area contributed by atoms with E-state index < -0.39 is 17.5 Å². The van der Waals surface area contributed by atoms with Gasteiger partial charge in [-0.25, -0.2) is 4.79 Å². The first kappa shape index (κ1) is 22.7. The van der Waals surface area contributed by atoms with E-state index >= 15 is 0 Å². The SMILES string of the molecule is COC(=O)c1ccc(C(=O)C(=O)c2cccc(CCc3cc(OC)cc(OC)c3)c2)cc1. The Kier molecular flexibility index (Phi) is 7.39. The van der Waals surface area contributed by atoms with E-state index in [2.05, 4.69) is 4.74 Å². The van der Waals surface area contributed by atoms with Crippen molar-refractivity contribution in [2.24, 2.45) is 0 Å². The molecule has 6 heteroatoms. The van der Waals surface area contributed by atoms with Crippen LogP contribution in [0.2, 0.25) is 0 Å². The quantitative estimate of drug-likeness (QED) is 0.284. The summed E-state index contributed by atoms with van der Waals surface area (Å²) in [7, 11) is 4.49. The van der Waals surface area contributed by atoms with Gasteiger partial charge in [-0.15, -0.1) is 0 Å². The molecule has 0 amide bonds. The van der Waals surface area contributed by atoms with Gasteiger partial charge in [0, 0.05) is 17.2 Å². The molecule has 0 aromatic heterocycles. The zero-order valence-electron chi connectivity index (χ0n) is 18.2. The topological polar surface area (TPSA) is 78.9 Å². The maximum Gasteiger partial charge on any atom is 0.337 e. The minimum absolute atomic E-state index is 0.219. The second-order valence-corrected chi connectivity index (χ2v) is 7.15. The Labute approximate surface area is 186 Å². The molecule has 3 aromatic carbocycles. The normalized spacial score (nSPS) is 10.3. The van der Waals surface area contributed by atoms with E-state index in [0.717, 1.165) is 11.1 Å². The molecule has 0 radical (unpaired) electrons. The van der Waals surface area contributed by atoms with E-state index in [1.807, 2.05) is 24.3 Å². The Bertz CT molecular complexity index is 1110. The zero-order valence-corrected chi connectivity index (χ0v) is 18.2. The molecule has 3 aromatic rings. The molecule has 6 nitrogen and oxygen atoms in total. The molecule has 0 aliphatic carbocycles. The summed E-state index contributed by atoms with van der Waals surface area (Å²) in [5, 5.41) is 0. The maximum absolute atomic E-state index is 12.7. The van der Waals surface area contributed by atoms with Crippen LogP contribution in [0.15, 0.2) is 66.7 Å². The molecule has 0 aliphatic rings. The van der Waals surface area contributed by atoms with Crippen LogP contribution in [0.4, 0.5) is 0 Å². The van der Waals surface area contributed by atoms with E-state index in [1.54, 1.807) is 32.4 Å². The summed E-state index contributed by atoms with van der Waals surface area (Å²) in [6.45, 7) is 0. The number of hydrogen-bond acceptors (Lipinski definition) is 6. The van der Waals surface area contributed by atoms with Gasteiger partial charge in [0.05, 0.1) is 26.9 Å². The van der Waals surface area contributed by atoms with Gasteiger partial charge >= 0.3 is 5.97 Å². The molecule has 0 fully saturated rings. The van der Waals surface area contributed by atoms with Crippen LogP contribution in [-0.4, -0.2) is 38.9 Å². The van der Waals surface area contributed by atoms with Crippen molar-refractivity contribution in [1.82, 2.24) is 0 Å². The van der Waals surface area contributed by atoms with E-state index in [-0.39, 0.29) is 5.56 Å². The summed E-state index contributed by atoms with van der Waals surface area (Å²) in [6, 6.07) is 18.6. The van der Waals surface area contributed by atoms with Gasteiger partial charge in [-0.2, -0.15) is 0 Å². The molecule has 0 unspecified atom stereocenters. The number of ether oxygens (including phenoxy) is 3. The first-order valence-corrected chi connectivity index (χ1v) is 10.0. The largest absolute Gasteiger partial charge is 0.497 e. The number of Topliss-reactive ketones (excluding diaryl/α,β-unsaturated/α-hetero) is 2. The number of carbonyl (C=O) groups excluding carboxylic acids is 3. The number of esters is 1. The smallest absolute Gasteiger partial charge is 0.337 e. The van der Waals surface area contributed by atoms with Crippen molar-refractivity contribution in [2.45, 2.75) is 12.8 Å². The monoisotopic (exact) mass is 432 g/mol. The second kappa shape index (κ2) is 10.4. The Morgan fingerprint density at radius 3 is 1.78 bits per heavy atom. The van der Waals surface area contributed by atoms with Crippen molar-refractivity contribution >= 4 is 17.5 Å². The lowest BCUT2D eigenvalue weighted by molar-refractivity contribution is 0.0600. The van der Waals surface area contributed by atoms with Crippen LogP contribution < -0.4 is 9.47 Å². The molecule has 0 saturated heterocycles. The number of carbonyl (C=O) groups is 3. The summed E-state index contributed by atoms with van der Waals surface area (Å²) in [6.07, 6.45) is 1.40. The lowest BCUT2D eigenvalue weighted by Crippen LogP contribution is -2.15. The van der Waals surface area contributed by atoms with Crippen molar-refractivity contribution in [3.8, 4) is 11.5 Å². The first-order chi connectivity index (χ1) is 15.4. The van der Waals surface area contributed by atoms with Gasteiger partial charge in [-0.3, -0.25) is 9.59 Å². The molecular formula is C26H24O6. The van der Waals surface area contributed by atoms with Gasteiger partial charge in [0.1, 0.15) is 11.5 Å². The summed E-state index contributed by atoms with van der Waals surface area (Å²) in [5.41, 5.74) is 2.84. The number of hydrogen-bond donors (Lipinski definition) is 0. The van der Waals surface area contributed by atoms with E-state index in [4.69, 9.17) is 9.47 Å². The van der Waals surface area contributed by atoms with Crippen LogP contribution in [-0.2, 0) is 17.6 Å². The number of ketones is 2. The number of rotatable bonds is 9. The third kappa shape index (κ3) is 5.40. The number of benzene rings is 3. The van der Waals surface area contributed by atoms with Crippen LogP contribution >= 0.6 is 0 Å². The fourth-order valence-corrected chi connectivity index (χ4v) is 3.31. The van der Waals surface area contributed by atoms with Crippen LogP contribution in [0.25, 0.3) is 0 Å². The third-order valence-electron chi connectivity index (χ3n) is 5.08. The molecule has 3 rings (SSSR count). The van der Waals surface area contributed by atoms with Crippen molar-refractivity contribution in [3.05, 3.63) is 94.5 Å². The highest BCUT2D eigenvalue weighted by Crippen LogP contribution is 2.23. The summed E-state index contributed by atoms with van der Waals surface area (Å²) in [4.78, 5) is 36.9. The molecule has 164 valence electrons. The average Bonchev–Trinajstić information content (AvgIpc) is 2.86. The first-order valence-electron chi connectivity index (χ1n) is 10.0. The number of methoxy groups -OCH3 is 3. The minimum atomic E-state index is -0.629. The fourth-order valence-electron chi connectivity index (χ4n) is 3.31. The average molecular weight is 432 g/mol. The van der Waals surface area contributed by atoms with Gasteiger partial charge in [0.2, 0.25) is 11.6 Å². The van der Waals surface area contributed by atoms with E-state index in [0.29, 0.717) is 35.5 Å². The molecule has 0 N–H and O–H groups in total. The fraction of sp³-hybridized carbons (Fsp3) is 0.192. The second-order valence-electron chi connectivity index (χ2n) is 7.15. The van der Waals surface area contributed by atoms with Gasteiger partial charge in [0.25, 0.3) is 0 Å². The maximum atomic E-state index is 12.7. The standard InChI is InChI=1S/C26H24O6/c1-30-22-14-18(15-23(16-22)31-2)8-7-17-5-4-6-21(13-17)25(28)24(27)19-9-11-20(12-10-19)26(29)32-3/h4-6,9-16H,7-8H2,1-3H3. The van der Waals surface area contributed by atoms with Crippen molar-refractivity contribution in [1.29, 1.82) is 0 Å². The Morgan fingerprint density at radius 2 is 1.19 bits per heavy atom. The van der Waals surface area contributed by atoms with Crippen molar-refractivity contribution in [3.63, 3.8) is 0 Å². The predicted octanol–water partition coefficient (Wildman–Crippen LogP) is 4.34. The third-order valence-corrected chi connectivity index (χ3v) is 5.08. The molecule has 0 aliphatic heterocycles. The molecular weight excluding hydrogens is 408 g/mol. The van der Waals surface area contributed by atoms with Crippen molar-refractivity contribution in [2.75, 3.05) is 21.3 Å². The Balaban J connectivity index is 1.72. The molecule has 0 spiro atoms. The lowest BCUT2D eigenvalue weighted by Gasteiger charge is -2.09. The molecule has 0 saturated carbocycles. The molecule has 0 atom stereocenters. The summed E-state index contributed by atoms with van der Waals surface area (Å²) in [5.74, 6) is -0.298. The summed E-state index contributed by atoms with van der Waals surface area (Å²) >= 11 is 0. The van der Waals surface area contributed by atoms with Crippen LogP contribution in [0.1, 0.15) is 42.2 Å². The van der Waals surface area contributed by atoms with Crippen molar-refractivity contribution < 1.29 is 28.6 Å². The summed E-state index contributed by atoms with van der Waals surface area (Å²) < 4.78 is 15.3. The number of aryl methyl sites for hydroxylation is 2. The molecule has 32 heavy (non-hydrogen) atoms. The molecule has 0 bridgehead atoms. The Morgan fingerprint density at radius 1 is 0.625 bits per heavy atom. The van der Waals surface area contributed by atoms with Gasteiger partial charge in [-0.05, 0) is 54.3 Å². The van der Waals surface area contributed by atoms with Gasteiger partial charge in [-0.1, -0.05) is 30.3 Å². The highest BCUT2D eigenvalue weighted by Gasteiger charge is 2.19. The van der Waals surface area contributed by atoms with Gasteiger partial charge < -0.3 is 14.2 Å². The lowest BCUT2D eigenvalue weighted by atomic mass is 9.97. The highest BCUT2D eigenvalue weighted by molar-refractivity contribution is 6.49. The Hall–Kier alpha value is -3.93. The molecule has 0 heterocycles. The van der Waals surface area contributed by atoms with Gasteiger partial charge in [0.15, 0.2) is 0 Å². The predicted molar refractivity (Wildman–Crippen MR) is 120 cm³/mol. The van der Waals surface area contributed by atoms with Crippen LogP contribution in [0.3, 0.4) is 0 Å². The highest BCUT2D eigenvalue weighted by atomic mass is 16.5. The minimum Gasteiger partial charge on any atom is -0.497 e. The zero-order chi connectivity index (χ0) is 23.1. The van der Waals surface area contributed by atoms with Crippen LogP contribution in [0.5, 0.6) is 11.5 Å².